The molecule has 3 unspecified atom stereocenters. The molecule has 1 spiro atoms. The van der Waals surface area contributed by atoms with Crippen LogP contribution in [0.5, 0.6) is 0 Å². The standard InChI is InChI=1S/C30H36ClNO2/c1-3-32(21-22-7-5-4-6-8-22)25-11-13-29(2,14-12-25)19-24-17-23(9-10-27(24)31)28-18-26(33)20-30(34-28)15-16-30/h4-13,17,26,28,33H,3,14-16,18-21H2,1-2H3. The number of aliphatic hydroxyl groups is 1. The van der Waals surface area contributed by atoms with Crippen LogP contribution in [0.3, 0.4) is 0 Å². The van der Waals surface area contributed by atoms with Crippen molar-refractivity contribution in [3.8, 4) is 0 Å². The number of likely N-dealkylation sites (N-methyl/N-ethyl adjacent to an activating group) is 1. The Hall–Kier alpha value is -2.07. The molecule has 3 atom stereocenters. The number of hydrogen-bond donors (Lipinski definition) is 1. The van der Waals surface area contributed by atoms with Crippen LogP contribution >= 0.6 is 11.6 Å². The van der Waals surface area contributed by atoms with Gasteiger partial charge in [-0.3, -0.25) is 0 Å². The molecule has 0 bridgehead atoms. The number of benzene rings is 2. The second-order valence-corrected chi connectivity index (χ2v) is 11.1. The molecule has 0 radical (unpaired) electrons. The summed E-state index contributed by atoms with van der Waals surface area (Å²) in [4.78, 5) is 2.43. The van der Waals surface area contributed by atoms with E-state index in [9.17, 15) is 5.11 Å². The van der Waals surface area contributed by atoms with Crippen LogP contribution in [-0.4, -0.2) is 28.3 Å². The summed E-state index contributed by atoms with van der Waals surface area (Å²) in [6, 6.07) is 16.9. The zero-order valence-corrected chi connectivity index (χ0v) is 21.1. The van der Waals surface area contributed by atoms with Crippen LogP contribution in [0, 0.1) is 5.41 Å². The molecule has 2 aliphatic carbocycles. The van der Waals surface area contributed by atoms with E-state index in [2.05, 4.69) is 79.4 Å². The number of hydrogen-bond acceptors (Lipinski definition) is 3. The van der Waals surface area contributed by atoms with Crippen LogP contribution in [0.25, 0.3) is 0 Å². The van der Waals surface area contributed by atoms with Crippen molar-refractivity contribution in [3.05, 3.63) is 94.2 Å². The number of nitrogens with zero attached hydrogens (tertiary/aromatic N) is 1. The zero-order valence-electron chi connectivity index (χ0n) is 20.3. The Morgan fingerprint density at radius 2 is 1.94 bits per heavy atom. The highest BCUT2D eigenvalue weighted by Crippen LogP contribution is 2.51. The molecule has 34 heavy (non-hydrogen) atoms. The Bertz CT molecular complexity index is 1070. The van der Waals surface area contributed by atoms with Gasteiger partial charge in [0.2, 0.25) is 0 Å². The van der Waals surface area contributed by atoms with Gasteiger partial charge in [-0.05, 0) is 66.9 Å². The molecule has 1 aliphatic heterocycles. The monoisotopic (exact) mass is 477 g/mol. The third-order valence-corrected chi connectivity index (χ3v) is 8.10. The smallest absolute Gasteiger partial charge is 0.0857 e. The van der Waals surface area contributed by atoms with Crippen molar-refractivity contribution in [2.24, 2.45) is 5.41 Å². The highest BCUT2D eigenvalue weighted by molar-refractivity contribution is 6.31. The Morgan fingerprint density at radius 3 is 2.62 bits per heavy atom. The SMILES string of the molecule is CCN(Cc1ccccc1)C1=CCC(C)(Cc2cc(C3CC(O)CC4(CC4)O3)ccc2Cl)C=C1. The summed E-state index contributed by atoms with van der Waals surface area (Å²) >= 11 is 6.67. The average molecular weight is 478 g/mol. The van der Waals surface area contributed by atoms with Crippen LogP contribution in [0.4, 0.5) is 0 Å². The molecule has 4 heteroatoms. The Kier molecular flexibility index (Phi) is 6.63. The summed E-state index contributed by atoms with van der Waals surface area (Å²) in [6.07, 6.45) is 12.1. The fourth-order valence-electron chi connectivity index (χ4n) is 5.50. The van der Waals surface area contributed by atoms with Gasteiger partial charge in [-0.25, -0.2) is 0 Å². The van der Waals surface area contributed by atoms with Crippen molar-refractivity contribution in [2.45, 2.75) is 76.7 Å². The van der Waals surface area contributed by atoms with Gasteiger partial charge in [0.25, 0.3) is 0 Å². The summed E-state index contributed by atoms with van der Waals surface area (Å²) in [5.74, 6) is 0. The summed E-state index contributed by atoms with van der Waals surface area (Å²) in [7, 11) is 0. The van der Waals surface area contributed by atoms with E-state index in [4.69, 9.17) is 16.3 Å². The predicted molar refractivity (Wildman–Crippen MR) is 139 cm³/mol. The summed E-state index contributed by atoms with van der Waals surface area (Å²) < 4.78 is 6.42. The molecule has 1 N–H and O–H groups in total. The predicted octanol–water partition coefficient (Wildman–Crippen LogP) is 7.00. The lowest BCUT2D eigenvalue weighted by molar-refractivity contribution is -0.113. The minimum atomic E-state index is -0.278. The van der Waals surface area contributed by atoms with Crippen molar-refractivity contribution in [3.63, 3.8) is 0 Å². The minimum absolute atomic E-state index is 0.0164. The van der Waals surface area contributed by atoms with Crippen LogP contribution in [0.15, 0.2) is 72.5 Å². The maximum atomic E-state index is 10.4. The van der Waals surface area contributed by atoms with Gasteiger partial charge in [0.05, 0.1) is 17.8 Å². The van der Waals surface area contributed by atoms with E-state index in [1.54, 1.807) is 0 Å². The molecule has 3 aliphatic rings. The molecule has 5 rings (SSSR count). The van der Waals surface area contributed by atoms with Crippen molar-refractivity contribution in [2.75, 3.05) is 6.54 Å². The van der Waals surface area contributed by atoms with Crippen LogP contribution < -0.4 is 0 Å². The van der Waals surface area contributed by atoms with Gasteiger partial charge in [0.15, 0.2) is 0 Å². The molecule has 2 fully saturated rings. The largest absolute Gasteiger partial charge is 0.393 e. The third kappa shape index (κ3) is 5.27. The average Bonchev–Trinajstić information content (AvgIpc) is 3.57. The van der Waals surface area contributed by atoms with Crippen LogP contribution in [0.2, 0.25) is 5.02 Å². The van der Waals surface area contributed by atoms with E-state index >= 15 is 0 Å². The van der Waals surface area contributed by atoms with Gasteiger partial charge in [-0.2, -0.15) is 0 Å². The summed E-state index contributed by atoms with van der Waals surface area (Å²) in [6.45, 7) is 6.43. The van der Waals surface area contributed by atoms with Crippen molar-refractivity contribution >= 4 is 11.6 Å². The second kappa shape index (κ2) is 9.53. The Morgan fingerprint density at radius 1 is 1.15 bits per heavy atom. The highest BCUT2D eigenvalue weighted by Gasteiger charge is 2.50. The first-order valence-corrected chi connectivity index (χ1v) is 13.1. The molecule has 2 aromatic carbocycles. The zero-order chi connectivity index (χ0) is 23.8. The maximum Gasteiger partial charge on any atom is 0.0857 e. The second-order valence-electron chi connectivity index (χ2n) is 10.7. The van der Waals surface area contributed by atoms with Crippen molar-refractivity contribution < 1.29 is 9.84 Å². The first kappa shape index (κ1) is 23.7. The quantitative estimate of drug-likeness (QED) is 0.466. The van der Waals surface area contributed by atoms with E-state index in [1.165, 1.54) is 11.3 Å². The van der Waals surface area contributed by atoms with Crippen LogP contribution in [0.1, 0.15) is 68.7 Å². The molecule has 1 heterocycles. The van der Waals surface area contributed by atoms with E-state index in [-0.39, 0.29) is 23.2 Å². The highest BCUT2D eigenvalue weighted by atomic mass is 35.5. The summed E-state index contributed by atoms with van der Waals surface area (Å²) in [5.41, 5.74) is 4.87. The van der Waals surface area contributed by atoms with Crippen molar-refractivity contribution in [1.82, 2.24) is 4.90 Å². The van der Waals surface area contributed by atoms with Gasteiger partial charge < -0.3 is 14.7 Å². The number of allylic oxidation sites excluding steroid dienone is 3. The topological polar surface area (TPSA) is 32.7 Å². The van der Waals surface area contributed by atoms with E-state index in [0.29, 0.717) is 6.42 Å². The number of rotatable bonds is 7. The summed E-state index contributed by atoms with van der Waals surface area (Å²) in [5, 5.41) is 11.2. The number of halogens is 1. The molecular formula is C30H36ClNO2. The van der Waals surface area contributed by atoms with Gasteiger partial charge in [0, 0.05) is 36.7 Å². The van der Waals surface area contributed by atoms with E-state index in [1.807, 2.05) is 6.07 Å². The lowest BCUT2D eigenvalue weighted by atomic mass is 9.77. The first-order chi connectivity index (χ1) is 16.4. The van der Waals surface area contributed by atoms with Gasteiger partial charge >= 0.3 is 0 Å². The fraction of sp³-hybridized carbons (Fsp3) is 0.467. The lowest BCUT2D eigenvalue weighted by Gasteiger charge is -2.35. The van der Waals surface area contributed by atoms with E-state index in [0.717, 1.165) is 61.3 Å². The molecular weight excluding hydrogens is 442 g/mol. The lowest BCUT2D eigenvalue weighted by Crippen LogP contribution is -2.32. The number of ether oxygens (including phenoxy) is 1. The van der Waals surface area contributed by atoms with Crippen LogP contribution in [-0.2, 0) is 17.7 Å². The third-order valence-electron chi connectivity index (χ3n) is 7.73. The molecule has 180 valence electrons. The van der Waals surface area contributed by atoms with Gasteiger partial charge in [0.1, 0.15) is 0 Å². The minimum Gasteiger partial charge on any atom is -0.393 e. The van der Waals surface area contributed by atoms with Crippen molar-refractivity contribution in [1.29, 1.82) is 0 Å². The Labute approximate surface area is 209 Å². The molecule has 0 aromatic heterocycles. The normalized spacial score (nSPS) is 27.5. The van der Waals surface area contributed by atoms with E-state index < -0.39 is 0 Å². The Balaban J connectivity index is 1.28. The molecule has 3 nitrogen and oxygen atoms in total. The molecule has 1 saturated heterocycles. The molecule has 2 aromatic rings. The first-order valence-electron chi connectivity index (χ1n) is 12.7. The van der Waals surface area contributed by atoms with Gasteiger partial charge in [-0.15, -0.1) is 0 Å². The fourth-order valence-corrected chi connectivity index (χ4v) is 5.69. The molecule has 0 amide bonds. The molecule has 1 saturated carbocycles. The van der Waals surface area contributed by atoms with Gasteiger partial charge in [-0.1, -0.05) is 73.1 Å². The maximum absolute atomic E-state index is 10.4. The number of aliphatic hydroxyl groups excluding tert-OH is 1.